The molecule has 12 heteroatoms. The number of cyclic esters (lactones) is 1. The number of piperazine rings is 1. The highest BCUT2D eigenvalue weighted by atomic mass is 19.1. The van der Waals surface area contributed by atoms with E-state index < -0.39 is 24.1 Å². The van der Waals surface area contributed by atoms with E-state index >= 15 is 4.39 Å². The average Bonchev–Trinajstić information content (AvgIpc) is 3.55. The minimum atomic E-state index is -0.686. The highest BCUT2D eigenvalue weighted by Gasteiger charge is 2.35. The monoisotopic (exact) mass is 510 g/mol. The minimum absolute atomic E-state index is 0.147. The number of nitrogens with one attached hydrogen (secondary N) is 1. The lowest BCUT2D eigenvalue weighted by atomic mass is 10.1. The van der Waals surface area contributed by atoms with E-state index in [0.717, 1.165) is 0 Å². The van der Waals surface area contributed by atoms with Crippen molar-refractivity contribution in [2.24, 2.45) is 5.16 Å². The Morgan fingerprint density at radius 1 is 1.16 bits per heavy atom. The van der Waals surface area contributed by atoms with Gasteiger partial charge in [0.2, 0.25) is 12.0 Å². The number of carbonyl (C=O) groups is 3. The van der Waals surface area contributed by atoms with Gasteiger partial charge in [-0.1, -0.05) is 11.2 Å². The van der Waals surface area contributed by atoms with Crippen LogP contribution in [-0.2, 0) is 19.2 Å². The molecule has 3 aliphatic rings. The first-order valence-electron chi connectivity index (χ1n) is 12.1. The molecule has 3 aliphatic heterocycles. The molecule has 0 aliphatic carbocycles. The van der Waals surface area contributed by atoms with Gasteiger partial charge in [-0.05, 0) is 30.3 Å². The Bertz CT molecular complexity index is 1220. The number of hydrogen-bond donors (Lipinski definition) is 1. The third-order valence-electron chi connectivity index (χ3n) is 6.53. The van der Waals surface area contributed by atoms with E-state index in [9.17, 15) is 14.4 Å². The fourth-order valence-electron chi connectivity index (χ4n) is 4.58. The van der Waals surface area contributed by atoms with Crippen LogP contribution in [0.3, 0.4) is 0 Å². The molecule has 2 aromatic rings. The second-order valence-corrected chi connectivity index (χ2v) is 9.05. The third kappa shape index (κ3) is 5.32. The second-order valence-electron chi connectivity index (χ2n) is 9.05. The molecule has 0 bridgehead atoms. The van der Waals surface area contributed by atoms with Crippen LogP contribution in [-0.4, -0.2) is 85.0 Å². The van der Waals surface area contributed by atoms with Crippen molar-refractivity contribution in [2.45, 2.75) is 25.6 Å². The Kier molecular flexibility index (Phi) is 6.89. The quantitative estimate of drug-likeness (QED) is 0.626. The summed E-state index contributed by atoms with van der Waals surface area (Å²) in [5.74, 6) is -0.834. The van der Waals surface area contributed by atoms with Gasteiger partial charge in [0.1, 0.15) is 17.6 Å². The predicted octanol–water partition coefficient (Wildman–Crippen LogP) is 1.52. The van der Waals surface area contributed by atoms with E-state index in [1.54, 1.807) is 23.2 Å². The summed E-state index contributed by atoms with van der Waals surface area (Å²) in [7, 11) is 0. The third-order valence-corrected chi connectivity index (χ3v) is 6.53. The van der Waals surface area contributed by atoms with Crippen molar-refractivity contribution in [3.8, 4) is 0 Å². The van der Waals surface area contributed by atoms with Crippen LogP contribution in [0.4, 0.5) is 20.6 Å². The normalized spacial score (nSPS) is 21.4. The summed E-state index contributed by atoms with van der Waals surface area (Å²) in [6, 6.07) is 10.1. The molecule has 2 atom stereocenters. The molecule has 2 saturated heterocycles. The van der Waals surface area contributed by atoms with Gasteiger partial charge in [0.15, 0.2) is 0 Å². The van der Waals surface area contributed by atoms with Gasteiger partial charge in [-0.25, -0.2) is 9.18 Å². The van der Waals surface area contributed by atoms with E-state index in [4.69, 9.17) is 9.57 Å². The highest BCUT2D eigenvalue weighted by molar-refractivity contribution is 6.02. The van der Waals surface area contributed by atoms with E-state index in [1.165, 1.54) is 17.9 Å². The van der Waals surface area contributed by atoms with Gasteiger partial charge >= 0.3 is 6.09 Å². The van der Waals surface area contributed by atoms with Gasteiger partial charge in [0.05, 0.1) is 30.2 Å². The lowest BCUT2D eigenvalue weighted by Crippen LogP contribution is -2.51. The summed E-state index contributed by atoms with van der Waals surface area (Å²) < 4.78 is 20.3. The summed E-state index contributed by atoms with van der Waals surface area (Å²) in [4.78, 5) is 50.9. The first kappa shape index (κ1) is 24.5. The van der Waals surface area contributed by atoms with Gasteiger partial charge in [-0.2, -0.15) is 0 Å². The summed E-state index contributed by atoms with van der Waals surface area (Å²) in [6.45, 7) is 3.54. The average molecular weight is 511 g/mol. The SMILES string of the molecule is CC(=O)NC[C@H]1CN(c2ccc(N3CCN(C(=O)C4CC(c5ccccn5)=NO4)CC3)c(F)c2)C(=O)O1. The molecule has 2 fully saturated rings. The standard InChI is InChI=1S/C25H27FN6O5/c1-16(33)28-14-18-15-32(25(35)36-18)17-5-6-22(19(26)12-17)30-8-10-31(11-9-30)24(34)23-13-21(29-37-23)20-4-2-3-7-27-20/h2-7,12,18,23H,8-11,13-15H2,1H3,(H,28,33)/t18-,23?/m0/s1. The Balaban J connectivity index is 1.15. The van der Waals surface area contributed by atoms with Gasteiger partial charge < -0.3 is 24.7 Å². The maximum Gasteiger partial charge on any atom is 0.414 e. The molecule has 4 heterocycles. The lowest BCUT2D eigenvalue weighted by Gasteiger charge is -2.37. The van der Waals surface area contributed by atoms with Crippen molar-refractivity contribution >= 4 is 35.0 Å². The number of rotatable bonds is 6. The van der Waals surface area contributed by atoms with Crippen LogP contribution in [0.15, 0.2) is 47.8 Å². The van der Waals surface area contributed by atoms with E-state index in [2.05, 4.69) is 15.5 Å². The first-order valence-corrected chi connectivity index (χ1v) is 12.1. The van der Waals surface area contributed by atoms with Crippen LogP contribution in [0.1, 0.15) is 19.0 Å². The molecular formula is C25H27FN6O5. The van der Waals surface area contributed by atoms with Crippen LogP contribution in [0.5, 0.6) is 0 Å². The number of carbonyl (C=O) groups excluding carboxylic acids is 3. The number of nitrogens with zero attached hydrogens (tertiary/aromatic N) is 5. The van der Waals surface area contributed by atoms with Crippen molar-refractivity contribution in [3.05, 3.63) is 54.1 Å². The summed E-state index contributed by atoms with van der Waals surface area (Å²) in [6.07, 6.45) is 0.253. The molecule has 5 rings (SSSR count). The smallest absolute Gasteiger partial charge is 0.414 e. The largest absolute Gasteiger partial charge is 0.442 e. The van der Waals surface area contributed by atoms with Crippen LogP contribution in [0.2, 0.25) is 0 Å². The van der Waals surface area contributed by atoms with Crippen molar-refractivity contribution in [3.63, 3.8) is 0 Å². The summed E-state index contributed by atoms with van der Waals surface area (Å²) in [5.41, 5.74) is 2.11. The Hall–Kier alpha value is -4.22. The number of ether oxygens (including phenoxy) is 1. The zero-order valence-electron chi connectivity index (χ0n) is 20.3. The summed E-state index contributed by atoms with van der Waals surface area (Å²) >= 11 is 0. The van der Waals surface area contributed by atoms with Crippen molar-refractivity contribution in [2.75, 3.05) is 49.1 Å². The van der Waals surface area contributed by atoms with Crippen LogP contribution >= 0.6 is 0 Å². The topological polar surface area (TPSA) is 117 Å². The number of benzene rings is 1. The fraction of sp³-hybridized carbons (Fsp3) is 0.400. The number of oxime groups is 1. The van der Waals surface area contributed by atoms with Gasteiger partial charge in [0.25, 0.3) is 5.91 Å². The molecule has 37 heavy (non-hydrogen) atoms. The molecule has 1 aromatic heterocycles. The van der Waals surface area contributed by atoms with Crippen LogP contribution in [0, 0.1) is 5.82 Å². The van der Waals surface area contributed by atoms with E-state index in [-0.39, 0.29) is 24.9 Å². The molecule has 11 nitrogen and oxygen atoms in total. The van der Waals surface area contributed by atoms with E-state index in [0.29, 0.717) is 55.4 Å². The summed E-state index contributed by atoms with van der Waals surface area (Å²) in [5, 5.41) is 6.65. The van der Waals surface area contributed by atoms with Gasteiger partial charge in [-0.3, -0.25) is 19.5 Å². The van der Waals surface area contributed by atoms with Crippen molar-refractivity contribution < 1.29 is 28.3 Å². The Morgan fingerprint density at radius 3 is 2.68 bits per heavy atom. The molecule has 194 valence electrons. The fourth-order valence-corrected chi connectivity index (χ4v) is 4.58. The molecule has 0 spiro atoms. The van der Waals surface area contributed by atoms with Crippen LogP contribution < -0.4 is 15.1 Å². The highest BCUT2D eigenvalue weighted by Crippen LogP contribution is 2.29. The predicted molar refractivity (Wildman–Crippen MR) is 132 cm³/mol. The van der Waals surface area contributed by atoms with Gasteiger partial charge in [-0.15, -0.1) is 0 Å². The van der Waals surface area contributed by atoms with E-state index in [1.807, 2.05) is 23.1 Å². The number of aromatic nitrogens is 1. The molecule has 1 N–H and O–H groups in total. The molecular weight excluding hydrogens is 483 g/mol. The number of amides is 3. The maximum atomic E-state index is 15.1. The Labute approximate surface area is 212 Å². The number of hydrogen-bond acceptors (Lipinski definition) is 8. The minimum Gasteiger partial charge on any atom is -0.442 e. The number of halogens is 1. The van der Waals surface area contributed by atoms with Crippen molar-refractivity contribution in [1.82, 2.24) is 15.2 Å². The molecule has 1 aromatic carbocycles. The zero-order chi connectivity index (χ0) is 25.9. The molecule has 3 amide bonds. The second kappa shape index (κ2) is 10.4. The van der Waals surface area contributed by atoms with Crippen LogP contribution in [0.25, 0.3) is 0 Å². The first-order chi connectivity index (χ1) is 17.9. The molecule has 0 radical (unpaired) electrons. The molecule has 1 unspecified atom stereocenters. The lowest BCUT2D eigenvalue weighted by molar-refractivity contribution is -0.142. The van der Waals surface area contributed by atoms with Crippen molar-refractivity contribution in [1.29, 1.82) is 0 Å². The maximum absolute atomic E-state index is 15.1. The molecule has 0 saturated carbocycles. The number of anilines is 2. The zero-order valence-corrected chi connectivity index (χ0v) is 20.3. The Morgan fingerprint density at radius 2 is 1.97 bits per heavy atom. The number of pyridine rings is 1. The van der Waals surface area contributed by atoms with Gasteiger partial charge in [0, 0.05) is 45.7 Å².